The molecule has 16 heavy (non-hydrogen) atoms. The van der Waals surface area contributed by atoms with Crippen molar-refractivity contribution in [3.8, 4) is 0 Å². The number of anilines is 1. The number of hydrogen-bond acceptors (Lipinski definition) is 2. The lowest BCUT2D eigenvalue weighted by atomic mass is 9.98. The van der Waals surface area contributed by atoms with Gasteiger partial charge in [-0.25, -0.2) is 0 Å². The van der Waals surface area contributed by atoms with Gasteiger partial charge in [0.05, 0.1) is 0 Å². The molecule has 2 heteroatoms. The molecule has 0 spiro atoms. The Morgan fingerprint density at radius 2 is 1.56 bits per heavy atom. The maximum atomic E-state index is 6.01. The Hall–Kier alpha value is -1.02. The van der Waals surface area contributed by atoms with E-state index >= 15 is 0 Å². The molecule has 0 aromatic heterocycles. The van der Waals surface area contributed by atoms with E-state index in [0.29, 0.717) is 5.92 Å². The summed E-state index contributed by atoms with van der Waals surface area (Å²) in [6.07, 6.45) is 2.02. The fourth-order valence-corrected chi connectivity index (χ4v) is 1.65. The summed E-state index contributed by atoms with van der Waals surface area (Å²) in [7, 11) is 0. The molecule has 4 N–H and O–H groups in total. The van der Waals surface area contributed by atoms with Crippen LogP contribution < -0.4 is 11.5 Å². The summed E-state index contributed by atoms with van der Waals surface area (Å²) in [5, 5.41) is 0. The second-order valence-corrected chi connectivity index (χ2v) is 4.34. The van der Waals surface area contributed by atoms with E-state index in [1.54, 1.807) is 0 Å². The first-order chi connectivity index (χ1) is 7.58. The van der Waals surface area contributed by atoms with Gasteiger partial charge in [0.2, 0.25) is 0 Å². The number of hydrogen-bond donors (Lipinski definition) is 2. The highest BCUT2D eigenvalue weighted by atomic mass is 14.6. The van der Waals surface area contributed by atoms with Gasteiger partial charge >= 0.3 is 0 Å². The normalized spacial score (nSPS) is 11.9. The van der Waals surface area contributed by atoms with Crippen molar-refractivity contribution in [1.29, 1.82) is 0 Å². The van der Waals surface area contributed by atoms with Gasteiger partial charge in [-0.2, -0.15) is 0 Å². The summed E-state index contributed by atoms with van der Waals surface area (Å²) in [5.74, 6) is 0.666. The Bertz CT molecular complexity index is 265. The van der Waals surface area contributed by atoms with Crippen molar-refractivity contribution in [3.05, 3.63) is 29.8 Å². The Morgan fingerprint density at radius 1 is 1.06 bits per heavy atom. The Morgan fingerprint density at radius 3 is 2.00 bits per heavy atom. The van der Waals surface area contributed by atoms with Crippen molar-refractivity contribution in [3.63, 3.8) is 0 Å². The Balaban J connectivity index is 0.00000106. The smallest absolute Gasteiger partial charge is 0.0314 e. The zero-order valence-electron chi connectivity index (χ0n) is 11.0. The van der Waals surface area contributed by atoms with Crippen molar-refractivity contribution < 1.29 is 0 Å². The molecular weight excluding hydrogens is 196 g/mol. The van der Waals surface area contributed by atoms with Crippen LogP contribution in [0.3, 0.4) is 0 Å². The van der Waals surface area contributed by atoms with E-state index < -0.39 is 0 Å². The third-order valence-electron chi connectivity index (χ3n) is 2.25. The summed E-state index contributed by atoms with van der Waals surface area (Å²) in [6, 6.07) is 8.22. The molecule has 0 heterocycles. The molecule has 0 fully saturated rings. The summed E-state index contributed by atoms with van der Waals surface area (Å²) >= 11 is 0. The zero-order chi connectivity index (χ0) is 12.6. The monoisotopic (exact) mass is 222 g/mol. The standard InChI is InChI=1S/C12H20N2.C2H6/c1-9(2)7-12(14)8-10-3-5-11(13)6-4-10;1-2/h3-6,9,12H,7-8,13-14H2,1-2H3;1-2H3. The van der Waals surface area contributed by atoms with E-state index in [9.17, 15) is 0 Å². The van der Waals surface area contributed by atoms with Crippen LogP contribution in [0.5, 0.6) is 0 Å². The number of nitrogens with two attached hydrogens (primary N) is 2. The first kappa shape index (κ1) is 15.0. The van der Waals surface area contributed by atoms with Crippen LogP contribution in [0.1, 0.15) is 39.7 Å². The van der Waals surface area contributed by atoms with Gasteiger partial charge in [0.1, 0.15) is 0 Å². The van der Waals surface area contributed by atoms with Crippen LogP contribution in [0.4, 0.5) is 5.69 Å². The van der Waals surface area contributed by atoms with Crippen molar-refractivity contribution >= 4 is 5.69 Å². The van der Waals surface area contributed by atoms with Gasteiger partial charge in [0, 0.05) is 11.7 Å². The summed E-state index contributed by atoms with van der Waals surface area (Å²) in [4.78, 5) is 0. The van der Waals surface area contributed by atoms with Gasteiger partial charge in [0.25, 0.3) is 0 Å². The molecule has 0 saturated heterocycles. The van der Waals surface area contributed by atoms with Crippen LogP contribution in [0.15, 0.2) is 24.3 Å². The highest BCUT2D eigenvalue weighted by molar-refractivity contribution is 5.39. The first-order valence-corrected chi connectivity index (χ1v) is 6.18. The maximum Gasteiger partial charge on any atom is 0.0314 e. The third-order valence-corrected chi connectivity index (χ3v) is 2.25. The van der Waals surface area contributed by atoms with Crippen LogP contribution in [0.2, 0.25) is 0 Å². The minimum absolute atomic E-state index is 0.263. The summed E-state index contributed by atoms with van der Waals surface area (Å²) in [5.41, 5.74) is 13.7. The van der Waals surface area contributed by atoms with E-state index in [1.165, 1.54) is 5.56 Å². The van der Waals surface area contributed by atoms with Crippen LogP contribution in [0, 0.1) is 5.92 Å². The van der Waals surface area contributed by atoms with Crippen molar-refractivity contribution in [2.45, 2.75) is 46.6 Å². The molecule has 0 aliphatic heterocycles. The summed E-state index contributed by atoms with van der Waals surface area (Å²) in [6.45, 7) is 8.39. The average molecular weight is 222 g/mol. The maximum absolute atomic E-state index is 6.01. The minimum atomic E-state index is 0.263. The van der Waals surface area contributed by atoms with E-state index in [4.69, 9.17) is 11.5 Å². The Labute approximate surface area is 100 Å². The second-order valence-electron chi connectivity index (χ2n) is 4.34. The average Bonchev–Trinajstić information content (AvgIpc) is 2.23. The highest BCUT2D eigenvalue weighted by Crippen LogP contribution is 2.11. The fourth-order valence-electron chi connectivity index (χ4n) is 1.65. The van der Waals surface area contributed by atoms with Gasteiger partial charge < -0.3 is 11.5 Å². The first-order valence-electron chi connectivity index (χ1n) is 6.18. The van der Waals surface area contributed by atoms with Crippen molar-refractivity contribution in [2.24, 2.45) is 11.7 Å². The van der Waals surface area contributed by atoms with E-state index in [1.807, 2.05) is 26.0 Å². The molecule has 0 aliphatic carbocycles. The molecule has 1 unspecified atom stereocenters. The molecule has 1 aromatic carbocycles. The quantitative estimate of drug-likeness (QED) is 0.769. The lowest BCUT2D eigenvalue weighted by Gasteiger charge is -2.13. The minimum Gasteiger partial charge on any atom is -0.399 e. The van der Waals surface area contributed by atoms with Gasteiger partial charge in [-0.05, 0) is 36.5 Å². The van der Waals surface area contributed by atoms with E-state index in [0.717, 1.165) is 18.5 Å². The molecule has 2 nitrogen and oxygen atoms in total. The molecule has 0 radical (unpaired) electrons. The third kappa shape index (κ3) is 6.46. The number of rotatable bonds is 4. The molecule has 92 valence electrons. The van der Waals surface area contributed by atoms with Gasteiger partial charge in [-0.1, -0.05) is 39.8 Å². The van der Waals surface area contributed by atoms with Crippen molar-refractivity contribution in [1.82, 2.24) is 0 Å². The van der Waals surface area contributed by atoms with Gasteiger partial charge in [-0.15, -0.1) is 0 Å². The van der Waals surface area contributed by atoms with Gasteiger partial charge in [0.15, 0.2) is 0 Å². The predicted octanol–water partition coefficient (Wildman–Crippen LogP) is 3.21. The van der Waals surface area contributed by atoms with E-state index in [2.05, 4.69) is 26.0 Å². The molecule has 0 saturated carbocycles. The zero-order valence-corrected chi connectivity index (χ0v) is 11.0. The lowest BCUT2D eigenvalue weighted by Crippen LogP contribution is -2.24. The second kappa shape index (κ2) is 8.17. The molecule has 0 bridgehead atoms. The van der Waals surface area contributed by atoms with Crippen LogP contribution in [-0.2, 0) is 6.42 Å². The highest BCUT2D eigenvalue weighted by Gasteiger charge is 2.06. The molecule has 1 atom stereocenters. The van der Waals surface area contributed by atoms with Crippen LogP contribution in [0.25, 0.3) is 0 Å². The largest absolute Gasteiger partial charge is 0.399 e. The SMILES string of the molecule is CC.CC(C)CC(N)Cc1ccc(N)cc1. The van der Waals surface area contributed by atoms with E-state index in [-0.39, 0.29) is 6.04 Å². The topological polar surface area (TPSA) is 52.0 Å². The molecule has 1 rings (SSSR count). The van der Waals surface area contributed by atoms with Gasteiger partial charge in [-0.3, -0.25) is 0 Å². The van der Waals surface area contributed by atoms with Crippen LogP contribution >= 0.6 is 0 Å². The molecule has 0 amide bonds. The van der Waals surface area contributed by atoms with Crippen LogP contribution in [-0.4, -0.2) is 6.04 Å². The molecule has 1 aromatic rings. The Kier molecular flexibility index (Phi) is 7.65. The summed E-state index contributed by atoms with van der Waals surface area (Å²) < 4.78 is 0. The molecular formula is C14H26N2. The lowest BCUT2D eigenvalue weighted by molar-refractivity contribution is 0.493. The predicted molar refractivity (Wildman–Crippen MR) is 73.3 cm³/mol. The molecule has 0 aliphatic rings. The number of benzene rings is 1. The van der Waals surface area contributed by atoms with Crippen molar-refractivity contribution in [2.75, 3.05) is 5.73 Å². The number of nitrogen functional groups attached to an aromatic ring is 1. The fraction of sp³-hybridized carbons (Fsp3) is 0.571.